The molecule has 0 bridgehead atoms. The minimum atomic E-state index is -0.362. The van der Waals surface area contributed by atoms with E-state index in [9.17, 15) is 9.59 Å². The monoisotopic (exact) mass is 441 g/mol. The molecule has 1 atom stereocenters. The quantitative estimate of drug-likeness (QED) is 0.468. The average Bonchev–Trinajstić information content (AvgIpc) is 3.34. The predicted octanol–water partition coefficient (Wildman–Crippen LogP) is 4.04. The Balaban J connectivity index is 1.71. The first-order valence-electron chi connectivity index (χ1n) is 11.4. The number of carbonyl (C=O) groups excluding carboxylic acids is 1. The molecule has 2 N–H and O–H groups in total. The van der Waals surface area contributed by atoms with Crippen LogP contribution < -0.4 is 16.4 Å². The topological polar surface area (TPSA) is 92.3 Å². The summed E-state index contributed by atoms with van der Waals surface area (Å²) in [6.07, 6.45) is 5.64. The number of fused-ring (bicyclic) bond motifs is 2. The average molecular weight is 442 g/mol. The molecule has 3 heterocycles. The van der Waals surface area contributed by atoms with Crippen LogP contribution in [0.1, 0.15) is 66.2 Å². The Labute approximate surface area is 191 Å². The third kappa shape index (κ3) is 3.63. The van der Waals surface area contributed by atoms with Gasteiger partial charge in [0.2, 0.25) is 0 Å². The van der Waals surface area contributed by atoms with Crippen LogP contribution in [0, 0.1) is 12.3 Å². The minimum Gasteiger partial charge on any atom is -0.345 e. The third-order valence-electron chi connectivity index (χ3n) is 6.66. The molecule has 0 aliphatic heterocycles. The highest BCUT2D eigenvalue weighted by Crippen LogP contribution is 2.30. The number of nitrogens with one attached hydrogen (secondary N) is 2. The first-order chi connectivity index (χ1) is 16.0. The van der Waals surface area contributed by atoms with E-state index in [0.29, 0.717) is 16.7 Å². The van der Waals surface area contributed by atoms with Gasteiger partial charge in [-0.15, -0.1) is 0 Å². The van der Waals surface area contributed by atoms with Gasteiger partial charge in [0.25, 0.3) is 11.5 Å². The van der Waals surface area contributed by atoms with Crippen molar-refractivity contribution in [2.75, 3.05) is 0 Å². The zero-order chi connectivity index (χ0) is 23.1. The molecular formula is C26H27N5O2. The summed E-state index contributed by atoms with van der Waals surface area (Å²) < 4.78 is 3.34. The fourth-order valence-corrected chi connectivity index (χ4v) is 4.85. The van der Waals surface area contributed by atoms with Crippen LogP contribution in [0.3, 0.4) is 0 Å². The first-order valence-corrected chi connectivity index (χ1v) is 11.4. The fourth-order valence-electron chi connectivity index (χ4n) is 4.85. The molecule has 1 saturated carbocycles. The van der Waals surface area contributed by atoms with Crippen LogP contribution in [0.15, 0.2) is 59.5 Å². The lowest BCUT2D eigenvalue weighted by atomic mass is 10.1. The minimum absolute atomic E-state index is 0.0534. The SMILES string of the molecule is Cc1cccn2c(=O)c3cc(C(=O)NC(C)c4ccccc4)c(=N)n(C4CCCC4)c3nc12. The second-order valence-electron chi connectivity index (χ2n) is 8.86. The lowest BCUT2D eigenvalue weighted by molar-refractivity contribution is 0.0937. The fraction of sp³-hybridized carbons (Fsp3) is 0.308. The normalized spacial score (nSPS) is 15.2. The zero-order valence-electron chi connectivity index (χ0n) is 18.8. The third-order valence-corrected chi connectivity index (χ3v) is 6.66. The number of rotatable bonds is 4. The van der Waals surface area contributed by atoms with Gasteiger partial charge in [0.1, 0.15) is 16.8 Å². The lowest BCUT2D eigenvalue weighted by Gasteiger charge is -2.21. The Morgan fingerprint density at radius 1 is 1.12 bits per heavy atom. The molecule has 3 aromatic heterocycles. The standard InChI is InChI=1S/C26H27N5O2/c1-16-9-8-14-30-23(16)29-24-21(26(30)33)15-20(22(27)31(24)19-12-6-7-13-19)25(32)28-17(2)18-10-4-3-5-11-18/h3-5,8-11,14-15,17,19,27H,6-7,12-13H2,1-2H3,(H,28,32). The van der Waals surface area contributed by atoms with Crippen molar-refractivity contribution in [2.45, 2.75) is 51.6 Å². The molecule has 0 spiro atoms. The van der Waals surface area contributed by atoms with Crippen molar-refractivity contribution < 1.29 is 4.79 Å². The molecule has 7 nitrogen and oxygen atoms in total. The summed E-state index contributed by atoms with van der Waals surface area (Å²) in [5, 5.41) is 12.3. The summed E-state index contributed by atoms with van der Waals surface area (Å²) in [7, 11) is 0. The number of carbonyl (C=O) groups is 1. The molecule has 1 aliphatic carbocycles. The Kier molecular flexibility index (Phi) is 5.32. The van der Waals surface area contributed by atoms with Gasteiger partial charge in [-0.05, 0) is 49.9 Å². The van der Waals surface area contributed by atoms with Crippen LogP contribution in [0.2, 0.25) is 0 Å². The second kappa shape index (κ2) is 8.31. The van der Waals surface area contributed by atoms with Gasteiger partial charge in [-0.1, -0.05) is 49.2 Å². The highest BCUT2D eigenvalue weighted by Gasteiger charge is 2.25. The zero-order valence-corrected chi connectivity index (χ0v) is 18.8. The number of amides is 1. The molecule has 0 saturated heterocycles. The van der Waals surface area contributed by atoms with Crippen molar-refractivity contribution in [3.63, 3.8) is 0 Å². The van der Waals surface area contributed by atoms with Crippen LogP contribution >= 0.6 is 0 Å². The van der Waals surface area contributed by atoms with Crippen LogP contribution in [-0.2, 0) is 0 Å². The smallest absolute Gasteiger partial charge is 0.267 e. The van der Waals surface area contributed by atoms with E-state index in [-0.39, 0.29) is 34.6 Å². The van der Waals surface area contributed by atoms with Crippen molar-refractivity contribution in [3.8, 4) is 0 Å². The maximum Gasteiger partial charge on any atom is 0.267 e. The van der Waals surface area contributed by atoms with Gasteiger partial charge in [0, 0.05) is 12.2 Å². The highest BCUT2D eigenvalue weighted by atomic mass is 16.2. The molecule has 1 aliphatic rings. The second-order valence-corrected chi connectivity index (χ2v) is 8.86. The van der Waals surface area contributed by atoms with E-state index >= 15 is 0 Å². The van der Waals surface area contributed by atoms with E-state index < -0.39 is 0 Å². The number of aromatic nitrogens is 3. The molecule has 168 valence electrons. The molecule has 7 heteroatoms. The van der Waals surface area contributed by atoms with Gasteiger partial charge in [-0.3, -0.25) is 19.4 Å². The summed E-state index contributed by atoms with van der Waals surface area (Å²) in [5.41, 5.74) is 3.01. The predicted molar refractivity (Wildman–Crippen MR) is 127 cm³/mol. The Morgan fingerprint density at radius 3 is 2.58 bits per heavy atom. The Morgan fingerprint density at radius 2 is 1.85 bits per heavy atom. The van der Waals surface area contributed by atoms with Crippen molar-refractivity contribution in [1.29, 1.82) is 5.41 Å². The van der Waals surface area contributed by atoms with Crippen molar-refractivity contribution >= 4 is 22.6 Å². The largest absolute Gasteiger partial charge is 0.345 e. The van der Waals surface area contributed by atoms with E-state index in [1.165, 1.54) is 4.40 Å². The molecule has 1 unspecified atom stereocenters. The molecule has 33 heavy (non-hydrogen) atoms. The van der Waals surface area contributed by atoms with Crippen LogP contribution in [0.4, 0.5) is 0 Å². The Hall–Kier alpha value is -3.74. The summed E-state index contributed by atoms with van der Waals surface area (Å²) in [6, 6.07) is 14.8. The maximum atomic E-state index is 13.5. The number of hydrogen-bond donors (Lipinski definition) is 2. The van der Waals surface area contributed by atoms with Gasteiger partial charge in [0.05, 0.1) is 17.0 Å². The van der Waals surface area contributed by atoms with Gasteiger partial charge in [0.15, 0.2) is 0 Å². The van der Waals surface area contributed by atoms with Crippen molar-refractivity contribution in [2.24, 2.45) is 0 Å². The number of hydrogen-bond acceptors (Lipinski definition) is 4. The van der Waals surface area contributed by atoms with Gasteiger partial charge in [-0.25, -0.2) is 4.98 Å². The molecule has 5 rings (SSSR count). The number of benzene rings is 1. The number of pyridine rings is 2. The van der Waals surface area contributed by atoms with E-state index in [2.05, 4.69) is 5.32 Å². The summed E-state index contributed by atoms with van der Waals surface area (Å²) in [5.74, 6) is -0.362. The molecule has 1 fully saturated rings. The summed E-state index contributed by atoms with van der Waals surface area (Å²) in [6.45, 7) is 3.83. The first kappa shape index (κ1) is 21.1. The van der Waals surface area contributed by atoms with Gasteiger partial charge < -0.3 is 9.88 Å². The molecule has 4 aromatic rings. The van der Waals surface area contributed by atoms with Crippen LogP contribution in [0.25, 0.3) is 16.7 Å². The molecule has 1 amide bonds. The summed E-state index contributed by atoms with van der Waals surface area (Å²) in [4.78, 5) is 31.6. The molecule has 1 aromatic carbocycles. The van der Waals surface area contributed by atoms with Crippen LogP contribution in [0.5, 0.6) is 0 Å². The Bertz CT molecular complexity index is 1480. The van der Waals surface area contributed by atoms with Gasteiger partial charge >= 0.3 is 0 Å². The number of nitrogens with zero attached hydrogens (tertiary/aromatic N) is 3. The van der Waals surface area contributed by atoms with Crippen LogP contribution in [-0.4, -0.2) is 19.9 Å². The highest BCUT2D eigenvalue weighted by molar-refractivity contribution is 5.97. The summed E-state index contributed by atoms with van der Waals surface area (Å²) >= 11 is 0. The van der Waals surface area contributed by atoms with E-state index in [4.69, 9.17) is 10.4 Å². The van der Waals surface area contributed by atoms with E-state index in [1.807, 2.05) is 60.9 Å². The van der Waals surface area contributed by atoms with E-state index in [1.54, 1.807) is 12.3 Å². The number of aryl methyl sites for hydroxylation is 1. The van der Waals surface area contributed by atoms with Gasteiger partial charge in [-0.2, -0.15) is 0 Å². The molecular weight excluding hydrogens is 414 g/mol. The lowest BCUT2D eigenvalue weighted by Crippen LogP contribution is -2.37. The van der Waals surface area contributed by atoms with Crippen molar-refractivity contribution in [3.05, 3.63) is 87.3 Å². The van der Waals surface area contributed by atoms with E-state index in [0.717, 1.165) is 36.8 Å². The maximum absolute atomic E-state index is 13.5. The molecule has 0 radical (unpaired) electrons. The van der Waals surface area contributed by atoms with Crippen molar-refractivity contribution in [1.82, 2.24) is 19.3 Å².